The van der Waals surface area contributed by atoms with Crippen molar-refractivity contribution in [2.24, 2.45) is 0 Å². The summed E-state index contributed by atoms with van der Waals surface area (Å²) in [5.74, 6) is 0.824. The van der Waals surface area contributed by atoms with E-state index in [-0.39, 0.29) is 16.9 Å². The minimum Gasteiger partial charge on any atom is -0.508 e. The average Bonchev–Trinajstić information content (AvgIpc) is 3.17. The number of phenolic OH excluding ortho intramolecular Hbond substituents is 1. The fraction of sp³-hybridized carbons (Fsp3) is 0.174. The number of benzene rings is 3. The standard InChI is InChI=1S/C23H22N4O2S/c1-3-27-21(17-11-13-18(28)14-12-17)25-26-23(27)30-15(2)22(29)24-20-10-6-8-16-7-4-5-9-19(16)20/h4-15,28H,3H2,1-2H3,(H,24,29). The third kappa shape index (κ3) is 4.02. The summed E-state index contributed by atoms with van der Waals surface area (Å²) in [6, 6.07) is 20.7. The lowest BCUT2D eigenvalue weighted by molar-refractivity contribution is -0.115. The summed E-state index contributed by atoms with van der Waals surface area (Å²) in [5, 5.41) is 23.6. The molecule has 30 heavy (non-hydrogen) atoms. The number of hydrogen-bond acceptors (Lipinski definition) is 5. The summed E-state index contributed by atoms with van der Waals surface area (Å²) in [7, 11) is 0. The van der Waals surface area contributed by atoms with Crippen LogP contribution >= 0.6 is 11.8 Å². The SMILES string of the molecule is CCn1c(SC(C)C(=O)Nc2cccc3ccccc23)nnc1-c1ccc(O)cc1. The third-order valence-electron chi connectivity index (χ3n) is 4.86. The van der Waals surface area contributed by atoms with E-state index in [0.717, 1.165) is 22.0 Å². The fourth-order valence-electron chi connectivity index (χ4n) is 3.27. The van der Waals surface area contributed by atoms with Crippen LogP contribution in [-0.2, 0) is 11.3 Å². The van der Waals surface area contributed by atoms with Gasteiger partial charge in [0.2, 0.25) is 5.91 Å². The van der Waals surface area contributed by atoms with Gasteiger partial charge in [0.15, 0.2) is 11.0 Å². The normalized spacial score (nSPS) is 12.1. The van der Waals surface area contributed by atoms with E-state index >= 15 is 0 Å². The quantitative estimate of drug-likeness (QED) is 0.434. The minimum absolute atomic E-state index is 0.0896. The molecule has 0 spiro atoms. The highest BCUT2D eigenvalue weighted by Gasteiger charge is 2.21. The molecule has 0 bridgehead atoms. The molecular formula is C23H22N4O2S. The Bertz CT molecular complexity index is 1180. The number of thioether (sulfide) groups is 1. The molecule has 1 heterocycles. The van der Waals surface area contributed by atoms with Crippen molar-refractivity contribution in [1.29, 1.82) is 0 Å². The Kier molecular flexibility index (Phi) is 5.72. The van der Waals surface area contributed by atoms with E-state index in [0.29, 0.717) is 17.5 Å². The first-order valence-corrected chi connectivity index (χ1v) is 10.6. The van der Waals surface area contributed by atoms with E-state index in [2.05, 4.69) is 15.5 Å². The predicted molar refractivity (Wildman–Crippen MR) is 121 cm³/mol. The molecule has 1 aromatic heterocycles. The Morgan fingerprint density at radius 1 is 1.07 bits per heavy atom. The molecule has 0 aliphatic rings. The molecule has 3 aromatic carbocycles. The summed E-state index contributed by atoms with van der Waals surface area (Å²) in [5.41, 5.74) is 1.66. The number of hydrogen-bond donors (Lipinski definition) is 2. The molecule has 0 saturated carbocycles. The molecule has 0 fully saturated rings. The van der Waals surface area contributed by atoms with Gasteiger partial charge >= 0.3 is 0 Å². The first kappa shape index (κ1) is 20.0. The number of anilines is 1. The number of aromatic nitrogens is 3. The van der Waals surface area contributed by atoms with Crippen LogP contribution in [0.25, 0.3) is 22.2 Å². The number of phenols is 1. The van der Waals surface area contributed by atoms with Gasteiger partial charge in [-0.2, -0.15) is 0 Å². The van der Waals surface area contributed by atoms with Gasteiger partial charge < -0.3 is 15.0 Å². The van der Waals surface area contributed by atoms with E-state index in [9.17, 15) is 9.90 Å². The molecule has 4 rings (SSSR count). The Labute approximate surface area is 179 Å². The number of amides is 1. The molecular weight excluding hydrogens is 396 g/mol. The zero-order valence-corrected chi connectivity index (χ0v) is 17.6. The van der Waals surface area contributed by atoms with Crippen molar-refractivity contribution in [3.8, 4) is 17.1 Å². The molecule has 1 atom stereocenters. The number of aromatic hydroxyl groups is 1. The highest BCUT2D eigenvalue weighted by atomic mass is 32.2. The Morgan fingerprint density at radius 3 is 2.57 bits per heavy atom. The Balaban J connectivity index is 1.53. The molecule has 2 N–H and O–H groups in total. The van der Waals surface area contributed by atoms with Crippen molar-refractivity contribution in [3.63, 3.8) is 0 Å². The number of carbonyl (C=O) groups excluding carboxylic acids is 1. The molecule has 0 aliphatic carbocycles. The zero-order valence-electron chi connectivity index (χ0n) is 16.7. The van der Waals surface area contributed by atoms with Crippen LogP contribution in [0.15, 0.2) is 71.9 Å². The molecule has 0 aliphatic heterocycles. The molecule has 0 radical (unpaired) electrons. The van der Waals surface area contributed by atoms with Crippen molar-refractivity contribution in [3.05, 3.63) is 66.7 Å². The maximum Gasteiger partial charge on any atom is 0.237 e. The molecule has 1 amide bonds. The summed E-state index contributed by atoms with van der Waals surface area (Å²) in [4.78, 5) is 12.9. The second-order valence-corrected chi connectivity index (χ2v) is 8.18. The highest BCUT2D eigenvalue weighted by Crippen LogP contribution is 2.29. The maximum atomic E-state index is 12.9. The van der Waals surface area contributed by atoms with Crippen LogP contribution in [0.2, 0.25) is 0 Å². The Hall–Kier alpha value is -3.32. The van der Waals surface area contributed by atoms with Gasteiger partial charge in [-0.05, 0) is 49.6 Å². The van der Waals surface area contributed by atoms with Crippen LogP contribution in [0.5, 0.6) is 5.75 Å². The zero-order chi connectivity index (χ0) is 21.1. The molecule has 1 unspecified atom stereocenters. The van der Waals surface area contributed by atoms with Gasteiger partial charge in [-0.15, -0.1) is 10.2 Å². The lowest BCUT2D eigenvalue weighted by Gasteiger charge is -2.14. The van der Waals surface area contributed by atoms with Crippen molar-refractivity contribution >= 4 is 34.1 Å². The van der Waals surface area contributed by atoms with Crippen LogP contribution in [-0.4, -0.2) is 31.0 Å². The second-order valence-electron chi connectivity index (χ2n) is 6.87. The van der Waals surface area contributed by atoms with Crippen molar-refractivity contribution < 1.29 is 9.90 Å². The molecule has 0 saturated heterocycles. The van der Waals surface area contributed by atoms with Crippen molar-refractivity contribution in [2.45, 2.75) is 30.8 Å². The summed E-state index contributed by atoms with van der Waals surface area (Å²) < 4.78 is 1.97. The molecule has 4 aromatic rings. The number of nitrogens with one attached hydrogen (secondary N) is 1. The minimum atomic E-state index is -0.355. The van der Waals surface area contributed by atoms with E-state index in [1.54, 1.807) is 24.3 Å². The van der Waals surface area contributed by atoms with Crippen LogP contribution in [0.4, 0.5) is 5.69 Å². The summed E-state index contributed by atoms with van der Waals surface area (Å²) >= 11 is 1.37. The molecule has 7 heteroatoms. The fourth-order valence-corrected chi connectivity index (χ4v) is 4.18. The van der Waals surface area contributed by atoms with Gasteiger partial charge in [0.05, 0.1) is 5.25 Å². The maximum absolute atomic E-state index is 12.9. The lowest BCUT2D eigenvalue weighted by Crippen LogP contribution is -2.23. The van der Waals surface area contributed by atoms with Crippen LogP contribution in [0.3, 0.4) is 0 Å². The van der Waals surface area contributed by atoms with E-state index < -0.39 is 0 Å². The van der Waals surface area contributed by atoms with Gasteiger partial charge in [-0.3, -0.25) is 4.79 Å². The number of rotatable bonds is 6. The highest BCUT2D eigenvalue weighted by molar-refractivity contribution is 8.00. The van der Waals surface area contributed by atoms with Gasteiger partial charge in [-0.25, -0.2) is 0 Å². The van der Waals surface area contributed by atoms with E-state index in [4.69, 9.17) is 0 Å². The van der Waals surface area contributed by atoms with E-state index in [1.165, 1.54) is 11.8 Å². The second kappa shape index (κ2) is 8.59. The number of nitrogens with zero attached hydrogens (tertiary/aromatic N) is 3. The average molecular weight is 419 g/mol. The lowest BCUT2D eigenvalue weighted by atomic mass is 10.1. The first-order chi connectivity index (χ1) is 14.6. The molecule has 152 valence electrons. The smallest absolute Gasteiger partial charge is 0.237 e. The third-order valence-corrected chi connectivity index (χ3v) is 5.94. The van der Waals surface area contributed by atoms with Gasteiger partial charge in [0, 0.05) is 23.2 Å². The number of fused-ring (bicyclic) bond motifs is 1. The largest absolute Gasteiger partial charge is 0.508 e. The Morgan fingerprint density at radius 2 is 1.80 bits per heavy atom. The van der Waals surface area contributed by atoms with Crippen LogP contribution < -0.4 is 5.32 Å². The summed E-state index contributed by atoms with van der Waals surface area (Å²) in [6.07, 6.45) is 0. The van der Waals surface area contributed by atoms with Crippen LogP contribution in [0.1, 0.15) is 13.8 Å². The van der Waals surface area contributed by atoms with E-state index in [1.807, 2.05) is 60.9 Å². The predicted octanol–water partition coefficient (Wildman–Crippen LogP) is 4.94. The van der Waals surface area contributed by atoms with Crippen molar-refractivity contribution in [2.75, 3.05) is 5.32 Å². The van der Waals surface area contributed by atoms with Gasteiger partial charge in [-0.1, -0.05) is 48.2 Å². The monoisotopic (exact) mass is 418 g/mol. The van der Waals surface area contributed by atoms with Crippen molar-refractivity contribution in [1.82, 2.24) is 14.8 Å². The van der Waals surface area contributed by atoms with Crippen LogP contribution in [0, 0.1) is 0 Å². The van der Waals surface area contributed by atoms with Gasteiger partial charge in [0.25, 0.3) is 0 Å². The molecule has 6 nitrogen and oxygen atoms in total. The van der Waals surface area contributed by atoms with Gasteiger partial charge in [0.1, 0.15) is 5.75 Å². The summed E-state index contributed by atoms with van der Waals surface area (Å²) in [6.45, 7) is 4.54. The first-order valence-electron chi connectivity index (χ1n) is 9.74. The number of carbonyl (C=O) groups is 1. The topological polar surface area (TPSA) is 80.0 Å².